The lowest BCUT2D eigenvalue weighted by Gasteiger charge is -2.38. The number of Topliss-reactive ketones (excluding diaryl/α,β-unsaturated/α-hetero) is 2. The smallest absolute Gasteiger partial charge is 0.481 e. The third kappa shape index (κ3) is 32.6. The number of phosphoric acid groups is 3. The molecule has 8 rings (SSSR count). The lowest BCUT2D eigenvalue weighted by atomic mass is 9.72. The number of nitrogens with one attached hydrogen (secondary N) is 4. The molecule has 12 atom stereocenters. The first kappa shape index (κ1) is 105. The van der Waals surface area contributed by atoms with Crippen LogP contribution in [0.5, 0.6) is 5.75 Å². The monoisotopic (exact) mass is 1900 g/mol. The fraction of sp³-hybridized carbons (Fsp3) is 0.566. The van der Waals surface area contributed by atoms with Crippen LogP contribution in [0, 0.1) is 24.7 Å². The first-order chi connectivity index (χ1) is 61.2. The van der Waals surface area contributed by atoms with Gasteiger partial charge in [-0.15, -0.1) is 0 Å². The number of allylic oxidation sites excluding steroid dienone is 5. The summed E-state index contributed by atoms with van der Waals surface area (Å²) in [6.45, 7) is 8.85. The number of benzene rings is 2. The third-order valence-corrected chi connectivity index (χ3v) is 27.9. The van der Waals surface area contributed by atoms with Gasteiger partial charge in [0.15, 0.2) is 0 Å². The zero-order valence-electron chi connectivity index (χ0n) is 72.1. The normalized spacial score (nSPS) is 20.2. The van der Waals surface area contributed by atoms with Gasteiger partial charge in [-0.05, 0) is 131 Å². The van der Waals surface area contributed by atoms with E-state index in [4.69, 9.17) is 34.5 Å². The second kappa shape index (κ2) is 50.4. The second-order valence-corrected chi connectivity index (χ2v) is 38.4. The van der Waals surface area contributed by atoms with Gasteiger partial charge in [-0.2, -0.15) is 13.6 Å². The van der Waals surface area contributed by atoms with Crippen LogP contribution in [0.25, 0.3) is 0 Å². The molecule has 0 bridgehead atoms. The minimum atomic E-state index is -5.84. The third-order valence-electron chi connectivity index (χ3n) is 21.7. The highest BCUT2D eigenvalue weighted by Gasteiger charge is 2.46. The molecule has 3 aromatic rings. The summed E-state index contributed by atoms with van der Waals surface area (Å²) >= 11 is 0. The molecule has 0 saturated carbocycles. The Bertz CT molecular complexity index is 4960. The fourth-order valence-electron chi connectivity index (χ4n) is 15.3. The van der Waals surface area contributed by atoms with Gasteiger partial charge >= 0.3 is 47.1 Å². The van der Waals surface area contributed by atoms with E-state index >= 15 is 0 Å². The molecule has 5 heterocycles. The van der Waals surface area contributed by atoms with Gasteiger partial charge in [-0.3, -0.25) is 61.8 Å². The Hall–Kier alpha value is -9.31. The van der Waals surface area contributed by atoms with Crippen LogP contribution < -0.4 is 37.4 Å². The Morgan fingerprint density at radius 1 is 0.752 bits per heavy atom. The Balaban J connectivity index is 0.752. The van der Waals surface area contributed by atoms with Crippen molar-refractivity contribution in [1.29, 1.82) is 0 Å². The van der Waals surface area contributed by atoms with E-state index in [1.807, 2.05) is 29.6 Å². The van der Waals surface area contributed by atoms with Crippen molar-refractivity contribution >= 4 is 122 Å². The average Bonchev–Trinajstić information content (AvgIpc) is 1.30. The molecule has 7 amide bonds. The number of ketones is 2. The highest BCUT2D eigenvalue weighted by Crippen LogP contribution is 2.66. The van der Waals surface area contributed by atoms with Gasteiger partial charge < -0.3 is 101 Å². The van der Waals surface area contributed by atoms with Crippen molar-refractivity contribution < 1.29 is 143 Å². The number of aliphatic hydroxyl groups excluding tert-OH is 1. The van der Waals surface area contributed by atoms with Gasteiger partial charge in [0.05, 0.1) is 50.9 Å². The number of fused-ring (bicyclic) bond motifs is 2. The topological polar surface area (TPSA) is 601 Å². The molecule has 1 aliphatic carbocycles. The number of unbranched alkanes of at least 4 members (excludes halogenated alkanes) is 1. The van der Waals surface area contributed by atoms with E-state index in [0.717, 1.165) is 67.9 Å². The van der Waals surface area contributed by atoms with E-state index in [0.29, 0.717) is 50.2 Å². The molecule has 3 saturated heterocycles. The van der Waals surface area contributed by atoms with Gasteiger partial charge in [0.25, 0.3) is 5.91 Å². The van der Waals surface area contributed by atoms with Crippen LogP contribution in [-0.2, 0) is 100 Å². The number of carbonyl (C=O) groups excluding carboxylic acids is 9. The molecule has 10 unspecified atom stereocenters. The van der Waals surface area contributed by atoms with Crippen molar-refractivity contribution in [3.05, 3.63) is 122 Å². The Kier molecular flexibility index (Phi) is 41.0. The van der Waals surface area contributed by atoms with Gasteiger partial charge in [0.1, 0.15) is 71.4 Å². The summed E-state index contributed by atoms with van der Waals surface area (Å²) in [4.78, 5) is 216. The van der Waals surface area contributed by atoms with E-state index in [2.05, 4.69) is 104 Å². The second-order valence-electron chi connectivity index (χ2n) is 31.3. The maximum absolute atomic E-state index is 14.7. The van der Waals surface area contributed by atoms with Crippen molar-refractivity contribution in [2.45, 2.75) is 217 Å². The fourth-order valence-corrected chi connectivity index (χ4v) is 20.3. The minimum Gasteiger partial charge on any atom is -0.481 e. The number of carbonyl (C=O) groups is 12. The quantitative estimate of drug-likeness (QED) is 0.0134. The summed E-state index contributed by atoms with van der Waals surface area (Å²) in [7, 11) is -12.7. The summed E-state index contributed by atoms with van der Waals surface area (Å²) in [5, 5.41) is 48.8. The first-order valence-electron chi connectivity index (χ1n) is 42.3. The number of aromatic nitrogens is 2. The largest absolute Gasteiger partial charge is 0.490 e. The van der Waals surface area contributed by atoms with Crippen LogP contribution in [0.3, 0.4) is 0 Å². The van der Waals surface area contributed by atoms with E-state index in [-0.39, 0.29) is 181 Å². The molecule has 14 N–H and O–H groups in total. The maximum Gasteiger partial charge on any atom is 0.490 e. The molecule has 0 radical (unpaired) electrons. The number of nitrogens with two attached hydrogens (primary N) is 1. The lowest BCUT2D eigenvalue weighted by Crippen LogP contribution is -2.58. The number of aliphatic carboxylic acids is 3. The summed E-state index contributed by atoms with van der Waals surface area (Å²) in [5.41, 5.74) is 12.2. The van der Waals surface area contributed by atoms with E-state index < -0.39 is 139 Å². The first-order valence-corrected chi connectivity index (χ1v) is 49.3. The molecule has 129 heavy (non-hydrogen) atoms. The average molecular weight is 1900 g/mol. The Morgan fingerprint density at radius 2 is 1.40 bits per heavy atom. The standard InChI is InChI=1S/C83H113N10O31P3S2/c1-6-18-53-44-68-60(42-51(53)4)75(59-41-50(3)52(7-2)43-67(59)121-68)57-23-10-11-24-58(57)80(106)90(5)32-14-21-55(94)22-17-35-118-37-38-119-36-28-70(97)85-31-13-12-25-61(81(107)92-34-16-27-65(92)79(105)87-62(45-73(99)100)77(103)88-63(82(108)109)46-74(101)102)86-78(104)64-26-15-33-91(64)71(98)30-40-129-128-39-29-56(95)20-9-8-19-54-48-93(83(110)89-76(54)84)72-47-66(96)69(122-72)49-120-126(114,115)124-127(116,117)123-125(111,112)113/h10-11,18,23-24,41-44,48,60-66,69,72,75,96H,6-7,9,12-17,20-22,25-40,45-47,49H2,1-5H3,(H,85,97)(H,86,104)(H,87,105)(H,88,103)(H,99,100)(H,101,102)(H,108,109)(H,114,115)(H,116,117)(H2,84,89,110)(H2,111,112,113)/b53-18+/t60?,61?,62?,63?,64?,65?,66?,69-,72-,75?/m1/s1. The molecule has 2 aromatic carbocycles. The van der Waals surface area contributed by atoms with E-state index in [9.17, 15) is 106 Å². The summed E-state index contributed by atoms with van der Waals surface area (Å²) in [6.07, 6.45) is 5.80. The molecule has 0 spiro atoms. The van der Waals surface area contributed by atoms with Gasteiger partial charge in [-0.25, -0.2) is 23.3 Å². The highest BCUT2D eigenvalue weighted by molar-refractivity contribution is 8.76. The number of ether oxygens (including phenoxy) is 4. The van der Waals surface area contributed by atoms with Crippen LogP contribution >= 0.6 is 45.1 Å². The predicted octanol–water partition coefficient (Wildman–Crippen LogP) is 5.95. The van der Waals surface area contributed by atoms with Crippen molar-refractivity contribution in [2.75, 3.05) is 83.5 Å². The number of aryl methyl sites for hydroxylation is 2. The number of aliphatic hydroxyl groups is 1. The van der Waals surface area contributed by atoms with Crippen molar-refractivity contribution in [1.82, 2.24) is 45.5 Å². The molecule has 46 heteroatoms. The molecule has 4 aliphatic heterocycles. The van der Waals surface area contributed by atoms with E-state index in [1.54, 1.807) is 11.9 Å². The SMILES string of the molecule is CC/C=C1\C=C2Oc3cc(CC)c(C)cc3C(c3ccccc3C(=O)N(C)CCCC(=O)CCCOCCOCCC(=O)NCCCCC(NC(=O)C3CCCN3C(=O)CCSSCCC(=O)CCC#Cc3cn([C@H]4CC(O)[C@@H](COP(=O)(O)OP(=O)(O)OP(=O)(O)O)O4)c(=O)nc3N)C(=O)N3CCCC3C(=O)NC(CC(=O)O)C(=O)NC(CC(=O)O)C(=O)O)C2C=C1C. The number of rotatable bonds is 52. The van der Waals surface area contributed by atoms with Crippen LogP contribution in [-0.4, -0.2) is 255 Å². The number of hydrogen-bond acceptors (Lipinski definition) is 28. The van der Waals surface area contributed by atoms with Gasteiger partial charge in [0.2, 0.25) is 35.4 Å². The van der Waals surface area contributed by atoms with Crippen molar-refractivity contribution in [3.63, 3.8) is 0 Å². The molecule has 3 fully saturated rings. The zero-order chi connectivity index (χ0) is 94.5. The number of nitrogen functional groups attached to an aromatic ring is 1. The number of amides is 7. The predicted molar refractivity (Wildman–Crippen MR) is 467 cm³/mol. The molecule has 1 aromatic heterocycles. The van der Waals surface area contributed by atoms with Crippen LogP contribution in [0.1, 0.15) is 200 Å². The summed E-state index contributed by atoms with van der Waals surface area (Å²) < 4.78 is 71.2. The summed E-state index contributed by atoms with van der Waals surface area (Å²) in [6, 6.07) is 4.50. The number of phosphoric ester groups is 1. The molecule has 41 nitrogen and oxygen atoms in total. The van der Waals surface area contributed by atoms with Gasteiger partial charge in [-0.1, -0.05) is 83.7 Å². The minimum absolute atomic E-state index is 0.00577. The Morgan fingerprint density at radius 3 is 2.09 bits per heavy atom. The molecular weight excluding hydrogens is 1790 g/mol. The van der Waals surface area contributed by atoms with Crippen LogP contribution in [0.4, 0.5) is 5.82 Å². The molecule has 708 valence electrons. The lowest BCUT2D eigenvalue weighted by molar-refractivity contribution is -0.148. The maximum atomic E-state index is 14.7. The number of anilines is 1. The highest BCUT2D eigenvalue weighted by atomic mass is 33.1. The molecular formula is C83H113N10O31P3S2. The number of hydrogen-bond donors (Lipinski definition) is 13. The van der Waals surface area contributed by atoms with E-state index in [1.165, 1.54) is 32.1 Å². The Labute approximate surface area is 752 Å². The van der Waals surface area contributed by atoms with Crippen molar-refractivity contribution in [2.24, 2.45) is 5.92 Å². The zero-order valence-corrected chi connectivity index (χ0v) is 76.4. The number of nitrogens with zero attached hydrogens (tertiary/aromatic N) is 5. The number of carboxylic acid groups (broad SMARTS) is 3. The van der Waals surface area contributed by atoms with Crippen molar-refractivity contribution in [3.8, 4) is 17.6 Å². The van der Waals surface area contributed by atoms with Gasteiger partial charge in [0, 0.05) is 132 Å². The van der Waals surface area contributed by atoms with Crippen LogP contribution in [0.2, 0.25) is 0 Å². The summed E-state index contributed by atoms with van der Waals surface area (Å²) in [5.74, 6) is -2.49. The van der Waals surface area contributed by atoms with Crippen LogP contribution in [0.15, 0.2) is 82.5 Å². The number of carboxylic acids is 3. The number of likely N-dealkylation sites (tertiary alicyclic amines) is 2. The molecule has 5 aliphatic rings.